The van der Waals surface area contributed by atoms with E-state index in [-0.39, 0.29) is 16.9 Å². The van der Waals surface area contributed by atoms with Crippen LogP contribution in [0.5, 0.6) is 0 Å². The highest BCUT2D eigenvalue weighted by Crippen LogP contribution is 2.38. The maximum absolute atomic E-state index is 13.1. The van der Waals surface area contributed by atoms with Gasteiger partial charge in [-0.05, 0) is 43.9 Å². The van der Waals surface area contributed by atoms with E-state index in [0.29, 0.717) is 23.3 Å². The fourth-order valence-corrected chi connectivity index (χ4v) is 4.77. The van der Waals surface area contributed by atoms with Crippen LogP contribution in [0.25, 0.3) is 5.76 Å². The van der Waals surface area contributed by atoms with Crippen molar-refractivity contribution in [3.05, 3.63) is 70.1 Å². The van der Waals surface area contributed by atoms with Crippen LogP contribution in [-0.4, -0.2) is 18.1 Å². The molecule has 0 saturated carbocycles. The van der Waals surface area contributed by atoms with E-state index in [1.54, 1.807) is 42.5 Å². The molecule has 0 bridgehead atoms. The van der Waals surface area contributed by atoms with Gasteiger partial charge in [0.15, 0.2) is 5.76 Å². The predicted octanol–water partition coefficient (Wildman–Crippen LogP) is 4.67. The number of rotatable bonds is 4. The van der Waals surface area contributed by atoms with Crippen LogP contribution < -0.4 is 0 Å². The average molecular weight is 430 g/mol. The highest BCUT2D eigenvalue weighted by atomic mass is 32.2. The lowest BCUT2D eigenvalue weighted by atomic mass is 10.0. The van der Waals surface area contributed by atoms with E-state index in [1.165, 1.54) is 6.07 Å². The number of halogens is 3. The second kappa shape index (κ2) is 7.71. The number of alkyl halides is 3. The molecule has 0 amide bonds. The van der Waals surface area contributed by atoms with Crippen LogP contribution in [0, 0.1) is 6.92 Å². The average Bonchev–Trinajstić information content (AvgIpc) is 2.80. The molecule has 0 N–H and O–H groups in total. The second-order valence-electron chi connectivity index (χ2n) is 6.33. The normalized spacial score (nSPS) is 16.3. The maximum Gasteiger partial charge on any atom is 0.534 e. The zero-order valence-electron chi connectivity index (χ0n) is 14.8. The number of aryl methyl sites for hydroxylation is 2. The zero-order valence-corrected chi connectivity index (χ0v) is 16.5. The van der Waals surface area contributed by atoms with Gasteiger partial charge in [-0.3, -0.25) is 0 Å². The van der Waals surface area contributed by atoms with Gasteiger partial charge in [-0.25, -0.2) is 4.21 Å². The molecule has 0 aromatic heterocycles. The fraction of sp³-hybridized carbons (Fsp3) is 0.263. The quantitative estimate of drug-likeness (QED) is 0.522. The molecule has 0 radical (unpaired) electrons. The van der Waals surface area contributed by atoms with Crippen LogP contribution >= 0.6 is 0 Å². The van der Waals surface area contributed by atoms with Gasteiger partial charge >= 0.3 is 15.6 Å². The van der Waals surface area contributed by atoms with Gasteiger partial charge in [0.05, 0.1) is 15.7 Å². The van der Waals surface area contributed by atoms with Gasteiger partial charge in [-0.15, -0.1) is 0 Å². The Balaban J connectivity index is 2.19. The van der Waals surface area contributed by atoms with Crippen LogP contribution in [0.4, 0.5) is 13.2 Å². The third kappa shape index (κ3) is 4.15. The maximum atomic E-state index is 13.1. The third-order valence-corrected chi connectivity index (χ3v) is 6.79. The zero-order chi connectivity index (χ0) is 20.5. The Labute approximate surface area is 163 Å². The van der Waals surface area contributed by atoms with Crippen LogP contribution in [0.15, 0.2) is 58.3 Å². The molecule has 4 nitrogen and oxygen atoms in total. The largest absolute Gasteiger partial charge is 0.534 e. The van der Waals surface area contributed by atoms with Crippen molar-refractivity contribution in [2.75, 3.05) is 0 Å². The number of hydrogen-bond acceptors (Lipinski definition) is 4. The highest BCUT2D eigenvalue weighted by molar-refractivity contribution is 7.89. The number of benzene rings is 2. The molecule has 3 rings (SSSR count). The fourth-order valence-electron chi connectivity index (χ4n) is 2.89. The molecule has 28 heavy (non-hydrogen) atoms. The molecule has 2 aromatic rings. The topological polar surface area (TPSA) is 60.4 Å². The van der Waals surface area contributed by atoms with Crippen LogP contribution in [-0.2, 0) is 31.5 Å². The van der Waals surface area contributed by atoms with Gasteiger partial charge in [0.25, 0.3) is 0 Å². The Hall–Kier alpha value is -2.13. The summed E-state index contributed by atoms with van der Waals surface area (Å²) in [6, 6.07) is 13.1. The molecule has 1 aliphatic rings. The molecule has 1 aliphatic carbocycles. The molecule has 1 atom stereocenters. The highest BCUT2D eigenvalue weighted by Gasteiger charge is 2.49. The monoisotopic (exact) mass is 430 g/mol. The Morgan fingerprint density at radius 3 is 2.29 bits per heavy atom. The molecule has 0 fully saturated rings. The van der Waals surface area contributed by atoms with Crippen molar-refractivity contribution in [3.63, 3.8) is 0 Å². The first-order chi connectivity index (χ1) is 13.1. The minimum Gasteiger partial charge on any atom is -0.374 e. The van der Waals surface area contributed by atoms with E-state index in [1.807, 2.05) is 6.92 Å². The molecule has 1 unspecified atom stereocenters. The van der Waals surface area contributed by atoms with Gasteiger partial charge in [0, 0.05) is 10.5 Å². The van der Waals surface area contributed by atoms with E-state index in [2.05, 4.69) is 4.18 Å². The first kappa shape index (κ1) is 20.6. The van der Waals surface area contributed by atoms with Gasteiger partial charge < -0.3 is 4.18 Å². The van der Waals surface area contributed by atoms with Crippen LogP contribution in [0.1, 0.15) is 29.5 Å². The van der Waals surface area contributed by atoms with E-state index in [4.69, 9.17) is 0 Å². The van der Waals surface area contributed by atoms with Crippen molar-refractivity contribution in [2.24, 2.45) is 0 Å². The van der Waals surface area contributed by atoms with Crippen molar-refractivity contribution in [1.82, 2.24) is 0 Å². The third-order valence-electron chi connectivity index (χ3n) is 4.30. The first-order valence-electron chi connectivity index (χ1n) is 8.41. The second-order valence-corrected chi connectivity index (χ2v) is 9.37. The molecule has 2 aromatic carbocycles. The SMILES string of the molecule is Cc1ccc(S(=O)C2=C(OS(=O)(=O)C(F)(F)F)c3ccccc3CCC2)cc1. The first-order valence-corrected chi connectivity index (χ1v) is 11.0. The molecule has 0 saturated heterocycles. The minimum atomic E-state index is -5.90. The lowest BCUT2D eigenvalue weighted by molar-refractivity contribution is -0.0509. The Bertz CT molecular complexity index is 1040. The Kier molecular flexibility index (Phi) is 5.67. The van der Waals surface area contributed by atoms with Crippen molar-refractivity contribution in [3.8, 4) is 0 Å². The summed E-state index contributed by atoms with van der Waals surface area (Å²) in [6.07, 6.45) is 1.16. The lowest BCUT2D eigenvalue weighted by Gasteiger charge is -2.17. The molecule has 0 heterocycles. The van der Waals surface area contributed by atoms with E-state index >= 15 is 0 Å². The van der Waals surface area contributed by atoms with Crippen molar-refractivity contribution in [2.45, 2.75) is 36.6 Å². The molecule has 150 valence electrons. The van der Waals surface area contributed by atoms with Gasteiger partial charge in [-0.1, -0.05) is 42.0 Å². The van der Waals surface area contributed by atoms with Crippen molar-refractivity contribution >= 4 is 26.7 Å². The summed E-state index contributed by atoms with van der Waals surface area (Å²) in [5.41, 5.74) is -3.80. The van der Waals surface area contributed by atoms with E-state index < -0.39 is 32.2 Å². The lowest BCUT2D eigenvalue weighted by Crippen LogP contribution is -2.25. The van der Waals surface area contributed by atoms with Crippen LogP contribution in [0.3, 0.4) is 0 Å². The van der Waals surface area contributed by atoms with Gasteiger partial charge in [0.1, 0.15) is 0 Å². The number of fused-ring (bicyclic) bond motifs is 1. The number of allylic oxidation sites excluding steroid dienone is 1. The molecule has 0 spiro atoms. The summed E-state index contributed by atoms with van der Waals surface area (Å²) in [4.78, 5) is 0.395. The van der Waals surface area contributed by atoms with E-state index in [0.717, 1.165) is 5.56 Å². The summed E-state index contributed by atoms with van der Waals surface area (Å²) in [7, 11) is -7.77. The van der Waals surface area contributed by atoms with Crippen molar-refractivity contribution < 1.29 is 30.0 Å². The van der Waals surface area contributed by atoms with Gasteiger partial charge in [0.2, 0.25) is 0 Å². The summed E-state index contributed by atoms with van der Waals surface area (Å²) < 4.78 is 80.0. The molecular formula is C19H17F3O4S2. The molecular weight excluding hydrogens is 413 g/mol. The smallest absolute Gasteiger partial charge is 0.374 e. The Morgan fingerprint density at radius 2 is 1.64 bits per heavy atom. The van der Waals surface area contributed by atoms with E-state index in [9.17, 15) is 25.8 Å². The summed E-state index contributed by atoms with van der Waals surface area (Å²) >= 11 is 0. The van der Waals surface area contributed by atoms with Crippen molar-refractivity contribution in [1.29, 1.82) is 0 Å². The summed E-state index contributed by atoms with van der Waals surface area (Å²) in [6.45, 7) is 1.85. The van der Waals surface area contributed by atoms with Crippen LogP contribution in [0.2, 0.25) is 0 Å². The molecule has 0 aliphatic heterocycles. The standard InChI is InChI=1S/C19H17F3O4S2/c1-13-9-11-15(12-10-13)27(23)17-8-4-6-14-5-2-3-7-16(14)18(17)26-28(24,25)19(20,21)22/h2-3,5,7,9-12H,4,6,8H2,1H3. The number of hydrogen-bond donors (Lipinski definition) is 0. The minimum absolute atomic E-state index is 0.0293. The summed E-state index contributed by atoms with van der Waals surface area (Å²) in [5.74, 6) is -0.496. The van der Waals surface area contributed by atoms with Gasteiger partial charge in [-0.2, -0.15) is 21.6 Å². The Morgan fingerprint density at radius 1 is 1.00 bits per heavy atom. The summed E-state index contributed by atoms with van der Waals surface area (Å²) in [5, 5.41) is 0. The predicted molar refractivity (Wildman–Crippen MR) is 99.9 cm³/mol. The molecule has 9 heteroatoms.